The van der Waals surface area contributed by atoms with Crippen molar-refractivity contribution in [3.63, 3.8) is 0 Å². The Bertz CT molecular complexity index is 321. The van der Waals surface area contributed by atoms with E-state index in [-0.39, 0.29) is 0 Å². The lowest BCUT2D eigenvalue weighted by Gasteiger charge is -2.11. The standard InChI is InChI=1S/C13H19NO2/c1-2-16-13-5-3-4-12(8-13)14-9-11-6-7-15-10-11/h3-5,8,11,14H,2,6-7,9-10H2,1H3. The fraction of sp³-hybridized carbons (Fsp3) is 0.538. The van der Waals surface area contributed by atoms with Gasteiger partial charge < -0.3 is 14.8 Å². The first kappa shape index (κ1) is 11.3. The molecule has 0 aromatic heterocycles. The number of benzene rings is 1. The topological polar surface area (TPSA) is 30.5 Å². The first-order valence-corrected chi connectivity index (χ1v) is 5.93. The molecule has 1 fully saturated rings. The molecule has 0 saturated carbocycles. The van der Waals surface area contributed by atoms with Gasteiger partial charge in [0.15, 0.2) is 0 Å². The zero-order chi connectivity index (χ0) is 11.2. The average Bonchev–Trinajstić information content (AvgIpc) is 2.80. The summed E-state index contributed by atoms with van der Waals surface area (Å²) in [5, 5.41) is 3.43. The van der Waals surface area contributed by atoms with E-state index >= 15 is 0 Å². The third-order valence-electron chi connectivity index (χ3n) is 2.76. The third-order valence-corrected chi connectivity index (χ3v) is 2.76. The Morgan fingerprint density at radius 1 is 1.50 bits per heavy atom. The van der Waals surface area contributed by atoms with Crippen molar-refractivity contribution in [2.45, 2.75) is 13.3 Å². The number of nitrogens with one attached hydrogen (secondary N) is 1. The van der Waals surface area contributed by atoms with E-state index in [9.17, 15) is 0 Å². The van der Waals surface area contributed by atoms with E-state index in [1.807, 2.05) is 25.1 Å². The van der Waals surface area contributed by atoms with Gasteiger partial charge in [0, 0.05) is 30.8 Å². The van der Waals surface area contributed by atoms with Crippen molar-refractivity contribution in [2.24, 2.45) is 5.92 Å². The van der Waals surface area contributed by atoms with E-state index in [0.29, 0.717) is 12.5 Å². The molecule has 1 N–H and O–H groups in total. The van der Waals surface area contributed by atoms with Crippen molar-refractivity contribution in [1.82, 2.24) is 0 Å². The van der Waals surface area contributed by atoms with E-state index in [4.69, 9.17) is 9.47 Å². The van der Waals surface area contributed by atoms with Crippen LogP contribution in [0.2, 0.25) is 0 Å². The fourth-order valence-corrected chi connectivity index (χ4v) is 1.87. The Kier molecular flexibility index (Phi) is 4.05. The van der Waals surface area contributed by atoms with Gasteiger partial charge in [-0.05, 0) is 25.5 Å². The summed E-state index contributed by atoms with van der Waals surface area (Å²) in [6.45, 7) is 5.48. The summed E-state index contributed by atoms with van der Waals surface area (Å²) in [6.07, 6.45) is 1.16. The van der Waals surface area contributed by atoms with E-state index in [1.165, 1.54) is 0 Å². The summed E-state index contributed by atoms with van der Waals surface area (Å²) in [4.78, 5) is 0. The molecule has 88 valence electrons. The molecule has 1 heterocycles. The molecule has 0 spiro atoms. The monoisotopic (exact) mass is 221 g/mol. The molecule has 0 radical (unpaired) electrons. The van der Waals surface area contributed by atoms with Crippen LogP contribution in [-0.4, -0.2) is 26.4 Å². The average molecular weight is 221 g/mol. The molecule has 1 aromatic rings. The molecule has 3 nitrogen and oxygen atoms in total. The van der Waals surface area contributed by atoms with Crippen molar-refractivity contribution in [2.75, 3.05) is 31.7 Å². The first-order valence-electron chi connectivity index (χ1n) is 5.93. The minimum Gasteiger partial charge on any atom is -0.494 e. The van der Waals surface area contributed by atoms with Crippen LogP contribution in [0.4, 0.5) is 5.69 Å². The molecule has 1 unspecified atom stereocenters. The summed E-state index contributed by atoms with van der Waals surface area (Å²) in [5.74, 6) is 1.57. The molecule has 1 aliphatic heterocycles. The van der Waals surface area contributed by atoms with Crippen LogP contribution in [0.3, 0.4) is 0 Å². The largest absolute Gasteiger partial charge is 0.494 e. The molecule has 16 heavy (non-hydrogen) atoms. The van der Waals surface area contributed by atoms with Gasteiger partial charge in [0.05, 0.1) is 13.2 Å². The highest BCUT2D eigenvalue weighted by Crippen LogP contribution is 2.19. The van der Waals surface area contributed by atoms with Crippen LogP contribution in [0.15, 0.2) is 24.3 Å². The second-order valence-corrected chi connectivity index (χ2v) is 4.07. The molecule has 1 aliphatic rings. The first-order chi connectivity index (χ1) is 7.88. The lowest BCUT2D eigenvalue weighted by atomic mass is 10.1. The fourth-order valence-electron chi connectivity index (χ4n) is 1.87. The Labute approximate surface area is 96.8 Å². The SMILES string of the molecule is CCOc1cccc(NCC2CCOC2)c1. The predicted molar refractivity (Wildman–Crippen MR) is 65.0 cm³/mol. The smallest absolute Gasteiger partial charge is 0.121 e. The van der Waals surface area contributed by atoms with E-state index in [2.05, 4.69) is 11.4 Å². The van der Waals surface area contributed by atoms with Crippen LogP contribution in [0.5, 0.6) is 5.75 Å². The lowest BCUT2D eigenvalue weighted by molar-refractivity contribution is 0.187. The van der Waals surface area contributed by atoms with Crippen molar-refractivity contribution < 1.29 is 9.47 Å². The van der Waals surface area contributed by atoms with Gasteiger partial charge in [-0.2, -0.15) is 0 Å². The highest BCUT2D eigenvalue weighted by molar-refractivity contribution is 5.48. The van der Waals surface area contributed by atoms with Gasteiger partial charge in [0.2, 0.25) is 0 Å². The van der Waals surface area contributed by atoms with Gasteiger partial charge >= 0.3 is 0 Å². The number of hydrogen-bond donors (Lipinski definition) is 1. The number of hydrogen-bond acceptors (Lipinski definition) is 3. The van der Waals surface area contributed by atoms with Gasteiger partial charge in [0.25, 0.3) is 0 Å². The summed E-state index contributed by atoms with van der Waals surface area (Å²) in [6, 6.07) is 8.10. The van der Waals surface area contributed by atoms with Crippen molar-refractivity contribution >= 4 is 5.69 Å². The Morgan fingerprint density at radius 3 is 3.19 bits per heavy atom. The molecule has 2 rings (SSSR count). The second-order valence-electron chi connectivity index (χ2n) is 4.07. The van der Waals surface area contributed by atoms with Crippen LogP contribution in [0, 0.1) is 5.92 Å². The minimum atomic E-state index is 0.649. The van der Waals surface area contributed by atoms with Crippen LogP contribution in [0.1, 0.15) is 13.3 Å². The predicted octanol–water partition coefficient (Wildman–Crippen LogP) is 2.53. The number of rotatable bonds is 5. The minimum absolute atomic E-state index is 0.649. The van der Waals surface area contributed by atoms with Gasteiger partial charge in [-0.15, -0.1) is 0 Å². The maximum Gasteiger partial charge on any atom is 0.121 e. The molecule has 1 atom stereocenters. The number of anilines is 1. The van der Waals surface area contributed by atoms with E-state index in [1.54, 1.807) is 0 Å². The Balaban J connectivity index is 1.85. The molecule has 0 bridgehead atoms. The third kappa shape index (κ3) is 3.14. The molecular weight excluding hydrogens is 202 g/mol. The van der Waals surface area contributed by atoms with Gasteiger partial charge in [-0.3, -0.25) is 0 Å². The molecule has 0 amide bonds. The quantitative estimate of drug-likeness (QED) is 0.828. The van der Waals surface area contributed by atoms with Crippen LogP contribution < -0.4 is 10.1 Å². The molecule has 1 saturated heterocycles. The Hall–Kier alpha value is -1.22. The molecule has 3 heteroatoms. The zero-order valence-corrected chi connectivity index (χ0v) is 9.74. The molecule has 0 aliphatic carbocycles. The van der Waals surface area contributed by atoms with Crippen molar-refractivity contribution in [1.29, 1.82) is 0 Å². The van der Waals surface area contributed by atoms with Gasteiger partial charge in [0.1, 0.15) is 5.75 Å². The van der Waals surface area contributed by atoms with E-state index in [0.717, 1.165) is 37.6 Å². The summed E-state index contributed by atoms with van der Waals surface area (Å²) in [7, 11) is 0. The second kappa shape index (κ2) is 5.75. The summed E-state index contributed by atoms with van der Waals surface area (Å²) in [5.41, 5.74) is 1.12. The van der Waals surface area contributed by atoms with Crippen LogP contribution >= 0.6 is 0 Å². The van der Waals surface area contributed by atoms with E-state index < -0.39 is 0 Å². The highest BCUT2D eigenvalue weighted by atomic mass is 16.5. The number of ether oxygens (including phenoxy) is 2. The highest BCUT2D eigenvalue weighted by Gasteiger charge is 2.14. The van der Waals surface area contributed by atoms with Crippen molar-refractivity contribution in [3.8, 4) is 5.75 Å². The zero-order valence-electron chi connectivity index (χ0n) is 9.74. The summed E-state index contributed by atoms with van der Waals surface area (Å²) < 4.78 is 10.8. The van der Waals surface area contributed by atoms with Crippen molar-refractivity contribution in [3.05, 3.63) is 24.3 Å². The molecular formula is C13H19NO2. The Morgan fingerprint density at radius 2 is 2.44 bits per heavy atom. The van der Waals surface area contributed by atoms with Crippen LogP contribution in [-0.2, 0) is 4.74 Å². The van der Waals surface area contributed by atoms with Crippen LogP contribution in [0.25, 0.3) is 0 Å². The normalized spacial score (nSPS) is 19.7. The molecule has 1 aromatic carbocycles. The lowest BCUT2D eigenvalue weighted by Crippen LogP contribution is -2.13. The van der Waals surface area contributed by atoms with Gasteiger partial charge in [-0.1, -0.05) is 6.07 Å². The maximum absolute atomic E-state index is 5.45. The van der Waals surface area contributed by atoms with Gasteiger partial charge in [-0.25, -0.2) is 0 Å². The maximum atomic E-state index is 5.45. The summed E-state index contributed by atoms with van der Waals surface area (Å²) >= 11 is 0.